The molecule has 1 heteroatoms. The lowest BCUT2D eigenvalue weighted by atomic mass is 9.81. The molecule has 1 aromatic heterocycles. The van der Waals surface area contributed by atoms with Crippen molar-refractivity contribution in [1.29, 1.82) is 0 Å². The van der Waals surface area contributed by atoms with Crippen LogP contribution in [0.25, 0.3) is 104 Å². The Hall–Kier alpha value is -6.70. The third kappa shape index (κ3) is 3.94. The highest BCUT2D eigenvalue weighted by Crippen LogP contribution is 2.54. The van der Waals surface area contributed by atoms with E-state index >= 15 is 0 Å². The smallest absolute Gasteiger partial charge is 0.0630 e. The molecule has 1 aliphatic rings. The summed E-state index contributed by atoms with van der Waals surface area (Å²) in [5, 5.41) is 6.21. The van der Waals surface area contributed by atoms with Crippen molar-refractivity contribution in [2.75, 3.05) is 0 Å². The maximum Gasteiger partial charge on any atom is 0.0630 e. The lowest BCUT2D eigenvalue weighted by Crippen LogP contribution is -2.14. The van der Waals surface area contributed by atoms with Crippen LogP contribution in [0.5, 0.6) is 0 Å². The first-order valence-corrected chi connectivity index (χ1v) is 18.4. The maximum absolute atomic E-state index is 9.66. The van der Waals surface area contributed by atoms with E-state index in [0.29, 0.717) is 27.5 Å². The highest BCUT2D eigenvalue weighted by Gasteiger charge is 2.40. The van der Waals surface area contributed by atoms with Crippen LogP contribution in [0.15, 0.2) is 176 Å². The van der Waals surface area contributed by atoms with Gasteiger partial charge in [-0.25, -0.2) is 0 Å². The molecule has 54 heavy (non-hydrogen) atoms. The van der Waals surface area contributed by atoms with Gasteiger partial charge in [-0.1, -0.05) is 171 Å². The fourth-order valence-corrected chi connectivity index (χ4v) is 9.32. The molecule has 0 atom stereocenters. The fourth-order valence-electron chi connectivity index (χ4n) is 9.32. The van der Waals surface area contributed by atoms with E-state index < -0.39 is 0 Å². The number of nitrogens with zero attached hydrogens (tertiary/aromatic N) is 1. The van der Waals surface area contributed by atoms with Crippen molar-refractivity contribution in [3.05, 3.63) is 187 Å². The Morgan fingerprint density at radius 2 is 1.06 bits per heavy atom. The second kappa shape index (κ2) is 10.7. The summed E-state index contributed by atoms with van der Waals surface area (Å²) in [6.07, 6.45) is 0. The Kier molecular flexibility index (Phi) is 4.56. The van der Waals surface area contributed by atoms with Gasteiger partial charge in [0.1, 0.15) is 0 Å². The molecule has 252 valence electrons. The monoisotopic (exact) mass is 693 g/mol. The summed E-state index contributed by atoms with van der Waals surface area (Å²) in [6, 6.07) is 40.7. The number of benzene rings is 10. The molecule has 12 rings (SSSR count). The van der Waals surface area contributed by atoms with Crippen LogP contribution < -0.4 is 0 Å². The van der Waals surface area contributed by atoms with Crippen LogP contribution in [-0.2, 0) is 5.41 Å². The lowest BCUT2D eigenvalue weighted by Gasteiger charge is -2.21. The van der Waals surface area contributed by atoms with Gasteiger partial charge in [0.2, 0.25) is 0 Å². The van der Waals surface area contributed by atoms with Crippen LogP contribution in [-0.4, -0.2) is 4.57 Å². The molecule has 0 radical (unpaired) electrons. The number of hydrogen-bond acceptors (Lipinski definition) is 0. The summed E-state index contributed by atoms with van der Waals surface area (Å²) in [5.41, 5.74) is 7.92. The summed E-state index contributed by atoms with van der Waals surface area (Å²) in [7, 11) is 0. The van der Waals surface area contributed by atoms with Gasteiger partial charge in [0.05, 0.1) is 27.9 Å². The van der Waals surface area contributed by atoms with E-state index in [1.54, 1.807) is 0 Å². The van der Waals surface area contributed by atoms with Crippen LogP contribution in [0.4, 0.5) is 0 Å². The van der Waals surface area contributed by atoms with Crippen LogP contribution >= 0.6 is 0 Å². The van der Waals surface area contributed by atoms with Gasteiger partial charge in [0.25, 0.3) is 0 Å². The lowest BCUT2D eigenvalue weighted by molar-refractivity contribution is 0.666. The highest BCUT2D eigenvalue weighted by atomic mass is 15.0. The zero-order chi connectivity index (χ0) is 42.7. The molecule has 1 nitrogen and oxygen atoms in total. The molecule has 0 spiro atoms. The third-order valence-electron chi connectivity index (χ3n) is 11.8. The van der Waals surface area contributed by atoms with E-state index in [1.165, 1.54) is 11.1 Å². The molecular weight excluding hydrogens is 651 g/mol. The van der Waals surface area contributed by atoms with E-state index in [4.69, 9.17) is 0 Å². The minimum absolute atomic E-state index is 0.0314. The van der Waals surface area contributed by atoms with Crippen molar-refractivity contribution in [3.63, 3.8) is 0 Å². The quantitative estimate of drug-likeness (QED) is 0.162. The summed E-state index contributed by atoms with van der Waals surface area (Å²) < 4.78 is 78.2. The Morgan fingerprint density at radius 3 is 1.83 bits per heavy atom. The van der Waals surface area contributed by atoms with Crippen LogP contribution in [0.2, 0.25) is 0 Å². The van der Waals surface area contributed by atoms with Gasteiger partial charge in [0.15, 0.2) is 0 Å². The van der Waals surface area contributed by atoms with Gasteiger partial charge in [-0.3, -0.25) is 0 Å². The zero-order valence-corrected chi connectivity index (χ0v) is 29.6. The van der Waals surface area contributed by atoms with Crippen molar-refractivity contribution in [3.8, 4) is 39.2 Å². The Labute approximate surface area is 324 Å². The number of rotatable bonds is 3. The van der Waals surface area contributed by atoms with E-state index in [0.717, 1.165) is 49.4 Å². The second-order valence-corrected chi connectivity index (χ2v) is 15.0. The first-order chi connectivity index (χ1) is 29.9. The second-order valence-electron chi connectivity index (χ2n) is 15.0. The van der Waals surface area contributed by atoms with Crippen molar-refractivity contribution in [2.45, 2.75) is 19.3 Å². The highest BCUT2D eigenvalue weighted by molar-refractivity contribution is 6.27. The van der Waals surface area contributed by atoms with Crippen LogP contribution in [0, 0.1) is 0 Å². The van der Waals surface area contributed by atoms with Crippen LogP contribution in [0.3, 0.4) is 0 Å². The molecule has 11 aromatic rings. The molecule has 0 bridgehead atoms. The Balaban J connectivity index is 1.23. The average molecular weight is 694 g/mol. The Bertz CT molecular complexity index is 3820. The molecule has 0 saturated heterocycles. The number of hydrogen-bond donors (Lipinski definition) is 0. The van der Waals surface area contributed by atoms with Gasteiger partial charge in [-0.05, 0) is 100 Å². The normalized spacial score (nSPS) is 15.6. The number of fused-ring (bicyclic) bond motifs is 7. The molecule has 1 aliphatic carbocycles. The van der Waals surface area contributed by atoms with Gasteiger partial charge < -0.3 is 4.57 Å². The molecule has 0 N–H and O–H groups in total. The predicted molar refractivity (Wildman–Crippen MR) is 230 cm³/mol. The maximum atomic E-state index is 9.66. The molecule has 0 fully saturated rings. The predicted octanol–water partition coefficient (Wildman–Crippen LogP) is 14.5. The SMILES string of the molecule is [2H]c1c([2H])c2c([2H])c([2H])c3c(-c4ccc5c6c(n(-c7cccc8ccccc78)c5c4)-c4ccccc4C6(C)C)c([2H])c([2H])c4c([2H])c([2H])c(c1-c1ccc5ccccc5c1)c2c43. The molecule has 10 aromatic carbocycles. The summed E-state index contributed by atoms with van der Waals surface area (Å²) >= 11 is 0. The van der Waals surface area contributed by atoms with Gasteiger partial charge in [-0.15, -0.1) is 0 Å². The zero-order valence-electron chi connectivity index (χ0n) is 37.6. The number of aromatic nitrogens is 1. The third-order valence-corrected chi connectivity index (χ3v) is 11.8. The standard InChI is InChI=1S/C53H35N/c1-53(2)46-16-8-7-15-44(46)52-51(53)45-29-24-38(31-48(45)54(52)47-17-9-13-33-11-5-6-14-41(33)47)40-26-21-35-22-27-42-39(25-20-34-23-28-43(40)50(35)49(34)42)37-19-18-32-10-3-4-12-36(32)30-37/h3-31H,1-2H3/i20D,21D,22D,23D,25D,26D,27D,28D. The van der Waals surface area contributed by atoms with Crippen molar-refractivity contribution in [2.24, 2.45) is 0 Å². The molecule has 1 heterocycles. The minimum atomic E-state index is -0.343. The van der Waals surface area contributed by atoms with Crippen LogP contribution in [0.1, 0.15) is 35.9 Å². The topological polar surface area (TPSA) is 4.93 Å². The van der Waals surface area contributed by atoms with E-state index in [-0.39, 0.29) is 80.9 Å². The van der Waals surface area contributed by atoms with E-state index in [2.05, 4.69) is 79.1 Å². The molecule has 0 amide bonds. The first-order valence-electron chi connectivity index (χ1n) is 22.4. The van der Waals surface area contributed by atoms with Crippen molar-refractivity contribution < 1.29 is 11.0 Å². The molecule has 0 unspecified atom stereocenters. The van der Waals surface area contributed by atoms with Crippen molar-refractivity contribution in [1.82, 2.24) is 4.57 Å². The Morgan fingerprint density at radius 1 is 0.444 bits per heavy atom. The fraction of sp³-hybridized carbons (Fsp3) is 0.0566. The summed E-state index contributed by atoms with van der Waals surface area (Å²) in [4.78, 5) is 0. The minimum Gasteiger partial charge on any atom is -0.308 e. The van der Waals surface area contributed by atoms with Gasteiger partial charge in [0, 0.05) is 21.8 Å². The van der Waals surface area contributed by atoms with E-state index in [1.807, 2.05) is 66.7 Å². The first kappa shape index (κ1) is 23.1. The largest absolute Gasteiger partial charge is 0.308 e. The van der Waals surface area contributed by atoms with E-state index in [9.17, 15) is 11.0 Å². The van der Waals surface area contributed by atoms with Gasteiger partial charge >= 0.3 is 0 Å². The van der Waals surface area contributed by atoms with Gasteiger partial charge in [-0.2, -0.15) is 0 Å². The van der Waals surface area contributed by atoms with Crippen molar-refractivity contribution >= 4 is 64.8 Å². The summed E-state index contributed by atoms with van der Waals surface area (Å²) in [5.74, 6) is 0. The molecule has 0 saturated carbocycles. The summed E-state index contributed by atoms with van der Waals surface area (Å²) in [6.45, 7) is 4.51. The average Bonchev–Trinajstić information content (AvgIpc) is 3.74. The molecular formula is C53H35N. The molecule has 0 aliphatic heterocycles.